The van der Waals surface area contributed by atoms with Crippen LogP contribution < -0.4 is 5.32 Å². The Bertz CT molecular complexity index is 778. The number of rotatable bonds is 6. The van der Waals surface area contributed by atoms with Gasteiger partial charge in [0.2, 0.25) is 11.8 Å². The summed E-state index contributed by atoms with van der Waals surface area (Å²) in [5.74, 6) is 0.425. The van der Waals surface area contributed by atoms with E-state index in [4.69, 9.17) is 0 Å². The van der Waals surface area contributed by atoms with Gasteiger partial charge in [-0.15, -0.1) is 0 Å². The van der Waals surface area contributed by atoms with Crippen LogP contribution in [0.5, 0.6) is 0 Å². The van der Waals surface area contributed by atoms with Gasteiger partial charge in [0.1, 0.15) is 6.04 Å². The van der Waals surface area contributed by atoms with Crippen LogP contribution in [0, 0.1) is 18.8 Å². The molecule has 0 radical (unpaired) electrons. The molecule has 0 unspecified atom stereocenters. The fourth-order valence-electron chi connectivity index (χ4n) is 4.70. The van der Waals surface area contributed by atoms with Crippen molar-refractivity contribution in [3.8, 4) is 0 Å². The molecule has 6 heteroatoms. The number of nitrogens with one attached hydrogen (secondary N) is 1. The molecule has 170 valence electrons. The van der Waals surface area contributed by atoms with Crippen LogP contribution in [0.25, 0.3) is 0 Å². The van der Waals surface area contributed by atoms with E-state index >= 15 is 0 Å². The van der Waals surface area contributed by atoms with E-state index in [1.165, 1.54) is 0 Å². The average Bonchev–Trinajstić information content (AvgIpc) is 2.77. The molecule has 0 saturated carbocycles. The Morgan fingerprint density at radius 3 is 2.23 bits per heavy atom. The summed E-state index contributed by atoms with van der Waals surface area (Å²) in [7, 11) is 0. The molecule has 31 heavy (non-hydrogen) atoms. The summed E-state index contributed by atoms with van der Waals surface area (Å²) in [4.78, 5) is 42.8. The van der Waals surface area contributed by atoms with E-state index in [1.54, 1.807) is 6.07 Å². The summed E-state index contributed by atoms with van der Waals surface area (Å²) in [5, 5.41) is 3.08. The fourth-order valence-corrected chi connectivity index (χ4v) is 4.70. The number of hydrogen-bond acceptors (Lipinski definition) is 3. The van der Waals surface area contributed by atoms with Crippen molar-refractivity contribution in [2.45, 2.75) is 65.3 Å². The van der Waals surface area contributed by atoms with E-state index in [9.17, 15) is 14.4 Å². The maximum Gasteiger partial charge on any atom is 0.252 e. The Morgan fingerprint density at radius 2 is 1.61 bits per heavy atom. The average molecular weight is 428 g/mol. The molecular formula is C25H37N3O3. The van der Waals surface area contributed by atoms with Gasteiger partial charge < -0.3 is 15.1 Å². The van der Waals surface area contributed by atoms with Crippen LogP contribution in [-0.2, 0) is 9.59 Å². The highest BCUT2D eigenvalue weighted by Gasteiger charge is 2.36. The van der Waals surface area contributed by atoms with Crippen molar-refractivity contribution in [1.29, 1.82) is 0 Å². The Balaban J connectivity index is 1.72. The quantitative estimate of drug-likeness (QED) is 0.757. The van der Waals surface area contributed by atoms with E-state index in [-0.39, 0.29) is 23.6 Å². The first kappa shape index (κ1) is 23.3. The molecule has 1 atom stereocenters. The lowest BCUT2D eigenvalue weighted by atomic mass is 9.87. The fraction of sp³-hybridized carbons (Fsp3) is 0.640. The molecule has 3 rings (SSSR count). The first-order valence-corrected chi connectivity index (χ1v) is 11.8. The highest BCUT2D eigenvalue weighted by molar-refractivity contribution is 5.98. The minimum absolute atomic E-state index is 0.0357. The minimum atomic E-state index is -0.535. The Hall–Kier alpha value is -2.37. The van der Waals surface area contributed by atoms with Gasteiger partial charge in [0, 0.05) is 38.2 Å². The first-order chi connectivity index (χ1) is 14.9. The zero-order chi connectivity index (χ0) is 22.4. The summed E-state index contributed by atoms with van der Waals surface area (Å²) < 4.78 is 0. The number of amides is 3. The van der Waals surface area contributed by atoms with E-state index in [0.29, 0.717) is 31.0 Å². The lowest BCUT2D eigenvalue weighted by molar-refractivity contribution is -0.137. The van der Waals surface area contributed by atoms with Crippen LogP contribution in [0.2, 0.25) is 0 Å². The molecule has 0 aromatic heterocycles. The molecule has 1 aromatic carbocycles. The smallest absolute Gasteiger partial charge is 0.252 e. The van der Waals surface area contributed by atoms with E-state index < -0.39 is 6.04 Å². The van der Waals surface area contributed by atoms with Crippen LogP contribution in [0.4, 0.5) is 0 Å². The molecule has 2 heterocycles. The van der Waals surface area contributed by atoms with E-state index in [1.807, 2.05) is 34.9 Å². The second-order valence-electron chi connectivity index (χ2n) is 9.47. The minimum Gasteiger partial charge on any atom is -0.343 e. The van der Waals surface area contributed by atoms with Gasteiger partial charge in [0.15, 0.2) is 0 Å². The van der Waals surface area contributed by atoms with Gasteiger partial charge in [-0.2, -0.15) is 0 Å². The number of hydrogen-bond donors (Lipinski definition) is 1. The molecule has 2 aliphatic rings. The molecule has 0 aliphatic carbocycles. The highest BCUT2D eigenvalue weighted by atomic mass is 16.2. The zero-order valence-corrected chi connectivity index (χ0v) is 19.2. The SMILES string of the molecule is Cc1ccccc1C(=O)N[C@@H](C(=O)N1CCCCC1)C1CCN(C(=O)CC(C)C)CC1. The largest absolute Gasteiger partial charge is 0.343 e. The van der Waals surface area contributed by atoms with Gasteiger partial charge in [0.05, 0.1) is 0 Å². The van der Waals surface area contributed by atoms with Crippen LogP contribution in [0.3, 0.4) is 0 Å². The third-order valence-corrected chi connectivity index (χ3v) is 6.56. The third kappa shape index (κ3) is 6.08. The molecule has 3 amide bonds. The number of carbonyl (C=O) groups excluding carboxylic acids is 3. The summed E-state index contributed by atoms with van der Waals surface area (Å²) in [6.07, 6.45) is 5.23. The van der Waals surface area contributed by atoms with Gasteiger partial charge in [-0.3, -0.25) is 14.4 Å². The third-order valence-electron chi connectivity index (χ3n) is 6.56. The molecule has 2 fully saturated rings. The summed E-state index contributed by atoms with van der Waals surface area (Å²) >= 11 is 0. The Morgan fingerprint density at radius 1 is 0.968 bits per heavy atom. The maximum absolute atomic E-state index is 13.4. The molecule has 2 aliphatic heterocycles. The number of aryl methyl sites for hydroxylation is 1. The summed E-state index contributed by atoms with van der Waals surface area (Å²) in [6.45, 7) is 8.86. The van der Waals surface area contributed by atoms with Crippen LogP contribution in [0.15, 0.2) is 24.3 Å². The highest BCUT2D eigenvalue weighted by Crippen LogP contribution is 2.25. The van der Waals surface area contributed by atoms with Gasteiger partial charge in [-0.1, -0.05) is 32.0 Å². The topological polar surface area (TPSA) is 69.7 Å². The van der Waals surface area contributed by atoms with E-state index in [0.717, 1.165) is 50.8 Å². The number of piperidine rings is 2. The van der Waals surface area contributed by atoms with Gasteiger partial charge in [-0.25, -0.2) is 0 Å². The zero-order valence-electron chi connectivity index (χ0n) is 19.2. The number of nitrogens with zero attached hydrogens (tertiary/aromatic N) is 2. The second kappa shape index (κ2) is 10.8. The molecule has 6 nitrogen and oxygen atoms in total. The van der Waals surface area contributed by atoms with Crippen LogP contribution >= 0.6 is 0 Å². The van der Waals surface area contributed by atoms with Crippen molar-refractivity contribution in [3.05, 3.63) is 35.4 Å². The van der Waals surface area contributed by atoms with Crippen molar-refractivity contribution in [2.24, 2.45) is 11.8 Å². The monoisotopic (exact) mass is 427 g/mol. The lowest BCUT2D eigenvalue weighted by Crippen LogP contribution is -2.55. The predicted octanol–water partition coefficient (Wildman–Crippen LogP) is 3.39. The normalized spacial score (nSPS) is 18.7. The number of benzene rings is 1. The maximum atomic E-state index is 13.4. The molecule has 1 aromatic rings. The standard InChI is InChI=1S/C25H37N3O3/c1-18(2)17-22(29)27-15-11-20(12-16-27)23(25(31)28-13-7-4-8-14-28)26-24(30)21-10-6-5-9-19(21)3/h5-6,9-10,18,20,23H,4,7-8,11-17H2,1-3H3,(H,26,30)/t23-/m1/s1. The second-order valence-corrected chi connectivity index (χ2v) is 9.47. The van der Waals surface area contributed by atoms with Gasteiger partial charge in [-0.05, 0) is 62.5 Å². The number of likely N-dealkylation sites (tertiary alicyclic amines) is 2. The molecular weight excluding hydrogens is 390 g/mol. The van der Waals surface area contributed by atoms with Crippen molar-refractivity contribution >= 4 is 17.7 Å². The lowest BCUT2D eigenvalue weighted by Gasteiger charge is -2.38. The van der Waals surface area contributed by atoms with Crippen molar-refractivity contribution in [1.82, 2.24) is 15.1 Å². The Kier molecular flexibility index (Phi) is 8.10. The molecule has 1 N–H and O–H groups in total. The molecule has 0 bridgehead atoms. The molecule has 0 spiro atoms. The summed E-state index contributed by atoms with van der Waals surface area (Å²) in [5.41, 5.74) is 1.52. The van der Waals surface area contributed by atoms with Crippen LogP contribution in [0.1, 0.15) is 68.3 Å². The first-order valence-electron chi connectivity index (χ1n) is 11.8. The van der Waals surface area contributed by atoms with Gasteiger partial charge >= 0.3 is 0 Å². The van der Waals surface area contributed by atoms with Crippen molar-refractivity contribution in [3.63, 3.8) is 0 Å². The molecule has 2 saturated heterocycles. The summed E-state index contributed by atoms with van der Waals surface area (Å²) in [6, 6.07) is 6.94. The van der Waals surface area contributed by atoms with Crippen LogP contribution in [-0.4, -0.2) is 59.7 Å². The number of carbonyl (C=O) groups is 3. The predicted molar refractivity (Wildman–Crippen MR) is 122 cm³/mol. The van der Waals surface area contributed by atoms with Gasteiger partial charge in [0.25, 0.3) is 5.91 Å². The van der Waals surface area contributed by atoms with Crippen molar-refractivity contribution < 1.29 is 14.4 Å². The van der Waals surface area contributed by atoms with Crippen molar-refractivity contribution in [2.75, 3.05) is 26.2 Å². The Labute approximate surface area is 186 Å². The van der Waals surface area contributed by atoms with E-state index in [2.05, 4.69) is 19.2 Å².